The Morgan fingerprint density at radius 2 is 1.92 bits per heavy atom. The largest absolute Gasteiger partial charge is 1.00 e. The van der Waals surface area contributed by atoms with Gasteiger partial charge in [-0.05, 0) is 12.8 Å². The number of rotatable bonds is 2. The topological polar surface area (TPSA) is 70.7 Å². The van der Waals surface area contributed by atoms with Gasteiger partial charge in [0.05, 0.1) is 11.0 Å². The molecule has 6 heteroatoms. The maximum atomic E-state index is 10.5. The predicted octanol–water partition coefficient (Wildman–Crippen LogP) is -1.82. The summed E-state index contributed by atoms with van der Waals surface area (Å²) in [5.74, 6) is 0. The molecule has 64 valence electrons. The number of hydrogen-bond donors (Lipinski definition) is 2. The van der Waals surface area contributed by atoms with Crippen molar-refractivity contribution in [2.75, 3.05) is 0 Å². The molecule has 0 aliphatic heterocycles. The minimum atomic E-state index is 0. The molecule has 0 aromatic rings. The van der Waals surface area contributed by atoms with Gasteiger partial charge in [0.1, 0.15) is 0 Å². The van der Waals surface area contributed by atoms with Gasteiger partial charge in [-0.3, -0.25) is 0 Å². The molecule has 1 rings (SSSR count). The van der Waals surface area contributed by atoms with Crippen LogP contribution in [0, 0.1) is 5.21 Å². The second kappa shape index (κ2) is 6.51. The molecular formula is C6H13N3NaO2+. The van der Waals surface area contributed by atoms with Gasteiger partial charge in [-0.2, -0.15) is 5.43 Å². The van der Waals surface area contributed by atoms with Crippen molar-refractivity contribution >= 4 is 0 Å². The summed E-state index contributed by atoms with van der Waals surface area (Å²) in [6, 6.07) is 0.192. The first-order valence-electron chi connectivity index (χ1n) is 3.91. The van der Waals surface area contributed by atoms with Gasteiger partial charge in [0.25, 0.3) is 0 Å². The van der Waals surface area contributed by atoms with Crippen LogP contribution in [0.25, 0.3) is 0 Å². The van der Waals surface area contributed by atoms with E-state index < -0.39 is 0 Å². The van der Waals surface area contributed by atoms with Gasteiger partial charge in [0.2, 0.25) is 5.28 Å². The Morgan fingerprint density at radius 3 is 2.42 bits per heavy atom. The van der Waals surface area contributed by atoms with E-state index in [4.69, 9.17) is 5.21 Å². The summed E-state index contributed by atoms with van der Waals surface area (Å²) >= 11 is 0. The Morgan fingerprint density at radius 1 is 1.33 bits per heavy atom. The summed E-state index contributed by atoms with van der Waals surface area (Å²) in [5, 5.41) is 21.0. The summed E-state index contributed by atoms with van der Waals surface area (Å²) < 4.78 is 0. The maximum absolute atomic E-state index is 10.5. The van der Waals surface area contributed by atoms with E-state index in [1.54, 1.807) is 0 Å². The molecule has 12 heavy (non-hydrogen) atoms. The normalized spacial score (nSPS) is 19.8. The molecule has 0 amide bonds. The Balaban J connectivity index is 0.00000121. The van der Waals surface area contributed by atoms with Crippen LogP contribution in [0.2, 0.25) is 0 Å². The number of hydrogen-bond acceptors (Lipinski definition) is 2. The number of nitrogens with one attached hydrogen (secondary N) is 1. The van der Waals surface area contributed by atoms with Crippen molar-refractivity contribution in [1.29, 1.82) is 0 Å². The van der Waals surface area contributed by atoms with E-state index in [0.717, 1.165) is 25.7 Å². The fourth-order valence-corrected chi connectivity index (χ4v) is 1.41. The van der Waals surface area contributed by atoms with Crippen LogP contribution in [0.4, 0.5) is 0 Å². The van der Waals surface area contributed by atoms with Crippen molar-refractivity contribution in [2.45, 2.75) is 38.1 Å². The van der Waals surface area contributed by atoms with E-state index in [0.29, 0.717) is 0 Å². The van der Waals surface area contributed by atoms with Crippen molar-refractivity contribution in [2.24, 2.45) is 5.28 Å². The maximum Gasteiger partial charge on any atom is 1.00 e. The summed E-state index contributed by atoms with van der Waals surface area (Å²) in [5.41, 5.74) is 2.53. The van der Waals surface area contributed by atoms with Gasteiger partial charge < -0.3 is 10.4 Å². The summed E-state index contributed by atoms with van der Waals surface area (Å²) in [6.45, 7) is 0. The number of hydrazine groups is 1. The minimum absolute atomic E-state index is 0. The summed E-state index contributed by atoms with van der Waals surface area (Å²) in [7, 11) is 0. The smallest absolute Gasteiger partial charge is 0.569 e. The van der Waals surface area contributed by atoms with Crippen LogP contribution >= 0.6 is 0 Å². The van der Waals surface area contributed by atoms with Crippen LogP contribution in [-0.2, 0) is 0 Å². The van der Waals surface area contributed by atoms with E-state index in [2.05, 4.69) is 10.7 Å². The Kier molecular flexibility index (Phi) is 6.51. The van der Waals surface area contributed by atoms with E-state index in [9.17, 15) is 5.21 Å². The molecular weight excluding hydrogens is 169 g/mol. The van der Waals surface area contributed by atoms with Crippen molar-refractivity contribution in [3.05, 3.63) is 5.21 Å². The summed E-state index contributed by atoms with van der Waals surface area (Å²) in [4.78, 5) is 0.121. The second-order valence-corrected chi connectivity index (χ2v) is 2.83. The fraction of sp³-hybridized carbons (Fsp3) is 1.00. The first kappa shape index (κ1) is 12.0. The Labute approximate surface area is 93.6 Å². The molecule has 0 aromatic heterocycles. The molecule has 0 radical (unpaired) electrons. The molecule has 0 saturated heterocycles. The zero-order valence-electron chi connectivity index (χ0n) is 7.36. The molecule has 1 fully saturated rings. The van der Waals surface area contributed by atoms with Gasteiger partial charge in [-0.1, -0.05) is 19.3 Å². The molecule has 1 saturated carbocycles. The average molecular weight is 182 g/mol. The Hall–Kier alpha value is 0.0000000000000000555. The molecule has 0 bridgehead atoms. The van der Waals surface area contributed by atoms with Crippen LogP contribution in [0.3, 0.4) is 0 Å². The zero-order valence-corrected chi connectivity index (χ0v) is 9.36. The van der Waals surface area contributed by atoms with Crippen LogP contribution in [0.15, 0.2) is 5.28 Å². The van der Waals surface area contributed by atoms with Crippen molar-refractivity contribution < 1.29 is 39.7 Å². The third-order valence-electron chi connectivity index (χ3n) is 1.98. The number of nitrogens with zero attached hydrogens (tertiary/aromatic N) is 2. The van der Waals surface area contributed by atoms with Gasteiger partial charge in [0.15, 0.2) is 0 Å². The van der Waals surface area contributed by atoms with E-state index in [-0.39, 0.29) is 40.6 Å². The van der Waals surface area contributed by atoms with Gasteiger partial charge in [-0.15, -0.1) is 0 Å². The molecule has 2 N–H and O–H groups in total. The molecule has 0 unspecified atom stereocenters. The molecule has 1 aliphatic rings. The summed E-state index contributed by atoms with van der Waals surface area (Å²) in [6.07, 6.45) is 5.53. The van der Waals surface area contributed by atoms with Gasteiger partial charge in [-0.25, -0.2) is 0 Å². The van der Waals surface area contributed by atoms with Gasteiger partial charge >= 0.3 is 29.6 Å². The standard InChI is InChI=1S/C6H13N3O2.Na/c10-8-9(11)7-6-4-2-1-3-5-6;/h6,10H,1-5H2,(H,7,8);/q;+1. The average Bonchev–Trinajstić information content (AvgIpc) is 2.06. The first-order valence-corrected chi connectivity index (χ1v) is 3.91. The van der Waals surface area contributed by atoms with Crippen molar-refractivity contribution in [3.8, 4) is 0 Å². The second-order valence-electron chi connectivity index (χ2n) is 2.83. The third kappa shape index (κ3) is 4.13. The molecule has 0 aromatic carbocycles. The van der Waals surface area contributed by atoms with Crippen molar-refractivity contribution in [1.82, 2.24) is 5.43 Å². The minimum Gasteiger partial charge on any atom is -0.569 e. The first-order chi connectivity index (χ1) is 5.33. The van der Waals surface area contributed by atoms with Crippen LogP contribution in [0.5, 0.6) is 0 Å². The third-order valence-corrected chi connectivity index (χ3v) is 1.98. The fourth-order valence-electron chi connectivity index (χ4n) is 1.41. The molecule has 0 atom stereocenters. The van der Waals surface area contributed by atoms with Crippen molar-refractivity contribution in [3.63, 3.8) is 0 Å². The van der Waals surface area contributed by atoms with Crippen LogP contribution < -0.4 is 35.0 Å². The van der Waals surface area contributed by atoms with E-state index >= 15 is 0 Å². The van der Waals surface area contributed by atoms with E-state index in [1.165, 1.54) is 6.42 Å². The quantitative estimate of drug-likeness (QED) is 0.228. The van der Waals surface area contributed by atoms with Crippen LogP contribution in [0.1, 0.15) is 32.1 Å². The SMILES string of the molecule is [Na+].[O-][N+](=NO)NC1CCCCC1. The monoisotopic (exact) mass is 182 g/mol. The van der Waals surface area contributed by atoms with Gasteiger partial charge in [0, 0.05) is 0 Å². The zero-order chi connectivity index (χ0) is 8.10. The molecule has 1 aliphatic carbocycles. The molecule has 0 heterocycles. The Bertz CT molecular complexity index is 148. The van der Waals surface area contributed by atoms with Crippen LogP contribution in [-0.4, -0.2) is 16.2 Å². The predicted molar refractivity (Wildman–Crippen MR) is 37.9 cm³/mol. The van der Waals surface area contributed by atoms with E-state index in [1.807, 2.05) is 0 Å². The molecule has 5 nitrogen and oxygen atoms in total. The molecule has 0 spiro atoms.